The van der Waals surface area contributed by atoms with Crippen LogP contribution in [0, 0.1) is 41.4 Å². The minimum atomic E-state index is -0.403. The predicted octanol–water partition coefficient (Wildman–Crippen LogP) is 3.42. The molecule has 0 aromatic carbocycles. The lowest BCUT2D eigenvalue weighted by Gasteiger charge is -2.15. The van der Waals surface area contributed by atoms with E-state index in [1.165, 1.54) is 19.1 Å². The lowest BCUT2D eigenvalue weighted by Crippen LogP contribution is -2.17. The van der Waals surface area contributed by atoms with E-state index in [0.29, 0.717) is 12.2 Å². The molecule has 0 radical (unpaired) electrons. The SMILES string of the molecule is C#CCC1C(=O)C=C(OC(=O)C2C(C=C(C)F)C2(C)C)C1C. The molecule has 2 aliphatic carbocycles. The Hall–Kier alpha value is -1.89. The molecule has 3 nitrogen and oxygen atoms in total. The monoisotopic (exact) mass is 304 g/mol. The minimum Gasteiger partial charge on any atom is -0.430 e. The summed E-state index contributed by atoms with van der Waals surface area (Å²) in [7, 11) is 0. The molecule has 0 spiro atoms. The molecule has 4 heteroatoms. The average molecular weight is 304 g/mol. The number of ether oxygens (including phenoxy) is 1. The van der Waals surface area contributed by atoms with Crippen LogP contribution < -0.4 is 0 Å². The molecule has 0 bridgehead atoms. The van der Waals surface area contributed by atoms with Gasteiger partial charge in [-0.1, -0.05) is 20.8 Å². The smallest absolute Gasteiger partial charge is 0.315 e. The average Bonchev–Trinajstić information content (AvgIpc) is 2.83. The third-order valence-corrected chi connectivity index (χ3v) is 4.83. The van der Waals surface area contributed by atoms with Crippen molar-refractivity contribution in [2.75, 3.05) is 0 Å². The molecule has 2 aliphatic rings. The third-order valence-electron chi connectivity index (χ3n) is 4.83. The van der Waals surface area contributed by atoms with E-state index in [-0.39, 0.29) is 40.7 Å². The summed E-state index contributed by atoms with van der Waals surface area (Å²) in [5.41, 5.74) is -0.324. The van der Waals surface area contributed by atoms with Crippen LogP contribution in [0.3, 0.4) is 0 Å². The highest BCUT2D eigenvalue weighted by atomic mass is 19.1. The van der Waals surface area contributed by atoms with Gasteiger partial charge in [0.15, 0.2) is 5.78 Å². The maximum Gasteiger partial charge on any atom is 0.315 e. The quantitative estimate of drug-likeness (QED) is 0.590. The van der Waals surface area contributed by atoms with Crippen LogP contribution in [0.25, 0.3) is 0 Å². The van der Waals surface area contributed by atoms with Gasteiger partial charge in [-0.05, 0) is 24.3 Å². The zero-order chi connectivity index (χ0) is 16.7. The Bertz CT molecular complexity index is 602. The minimum absolute atomic E-state index is 0.0978. The Labute approximate surface area is 130 Å². The van der Waals surface area contributed by atoms with E-state index in [0.717, 1.165) is 0 Å². The molecule has 22 heavy (non-hydrogen) atoms. The van der Waals surface area contributed by atoms with Gasteiger partial charge in [0.1, 0.15) is 5.76 Å². The van der Waals surface area contributed by atoms with Crippen LogP contribution >= 0.6 is 0 Å². The van der Waals surface area contributed by atoms with Gasteiger partial charge in [-0.3, -0.25) is 9.59 Å². The number of carbonyl (C=O) groups excluding carboxylic acids is 2. The Balaban J connectivity index is 2.05. The number of carbonyl (C=O) groups is 2. The molecule has 4 atom stereocenters. The van der Waals surface area contributed by atoms with Gasteiger partial charge in [0.25, 0.3) is 0 Å². The zero-order valence-corrected chi connectivity index (χ0v) is 13.4. The summed E-state index contributed by atoms with van der Waals surface area (Å²) in [6, 6.07) is 0. The molecule has 0 aromatic rings. The van der Waals surface area contributed by atoms with Crippen LogP contribution in [-0.2, 0) is 14.3 Å². The van der Waals surface area contributed by atoms with Crippen molar-refractivity contribution in [1.29, 1.82) is 0 Å². The van der Waals surface area contributed by atoms with Crippen LogP contribution in [0.1, 0.15) is 34.1 Å². The van der Waals surface area contributed by atoms with Gasteiger partial charge in [-0.2, -0.15) is 0 Å². The van der Waals surface area contributed by atoms with Crippen molar-refractivity contribution in [2.24, 2.45) is 29.1 Å². The van der Waals surface area contributed by atoms with Gasteiger partial charge in [0, 0.05) is 24.3 Å². The largest absolute Gasteiger partial charge is 0.430 e. The number of allylic oxidation sites excluding steroid dienone is 4. The van der Waals surface area contributed by atoms with E-state index in [2.05, 4.69) is 5.92 Å². The molecule has 1 saturated carbocycles. The summed E-state index contributed by atoms with van der Waals surface area (Å²) in [4.78, 5) is 24.2. The lowest BCUT2D eigenvalue weighted by molar-refractivity contribution is -0.142. The van der Waals surface area contributed by atoms with Crippen LogP contribution in [-0.4, -0.2) is 11.8 Å². The summed E-state index contributed by atoms with van der Waals surface area (Å²) in [5.74, 6) is 0.982. The maximum atomic E-state index is 13.1. The van der Waals surface area contributed by atoms with E-state index < -0.39 is 5.97 Å². The fourth-order valence-electron chi connectivity index (χ4n) is 3.22. The van der Waals surface area contributed by atoms with Crippen molar-refractivity contribution < 1.29 is 18.7 Å². The molecular formula is C18H21FO3. The number of hydrogen-bond acceptors (Lipinski definition) is 3. The third kappa shape index (κ3) is 2.85. The molecule has 2 rings (SSSR count). The van der Waals surface area contributed by atoms with Gasteiger partial charge in [-0.25, -0.2) is 4.39 Å². The van der Waals surface area contributed by atoms with E-state index in [4.69, 9.17) is 11.2 Å². The van der Waals surface area contributed by atoms with Gasteiger partial charge < -0.3 is 4.74 Å². The van der Waals surface area contributed by atoms with Crippen molar-refractivity contribution in [3.8, 4) is 12.3 Å². The predicted molar refractivity (Wildman–Crippen MR) is 80.9 cm³/mol. The Morgan fingerprint density at radius 1 is 1.55 bits per heavy atom. The first-order valence-corrected chi connectivity index (χ1v) is 7.44. The first kappa shape index (κ1) is 16.5. The van der Waals surface area contributed by atoms with Crippen molar-refractivity contribution in [3.63, 3.8) is 0 Å². The highest BCUT2D eigenvalue weighted by molar-refractivity contribution is 5.96. The second kappa shape index (κ2) is 5.72. The fourth-order valence-corrected chi connectivity index (χ4v) is 3.22. The van der Waals surface area contributed by atoms with Crippen molar-refractivity contribution in [2.45, 2.75) is 34.1 Å². The van der Waals surface area contributed by atoms with Gasteiger partial charge >= 0.3 is 5.97 Å². The van der Waals surface area contributed by atoms with Crippen LogP contribution in [0.15, 0.2) is 23.7 Å². The van der Waals surface area contributed by atoms with E-state index in [1.54, 1.807) is 0 Å². The molecule has 0 saturated heterocycles. The Morgan fingerprint density at radius 3 is 2.73 bits per heavy atom. The zero-order valence-electron chi connectivity index (χ0n) is 13.4. The van der Waals surface area contributed by atoms with Crippen molar-refractivity contribution in [3.05, 3.63) is 23.7 Å². The topological polar surface area (TPSA) is 43.4 Å². The number of esters is 1. The van der Waals surface area contributed by atoms with Gasteiger partial charge in [-0.15, -0.1) is 12.3 Å². The molecule has 0 aliphatic heterocycles. The van der Waals surface area contributed by atoms with E-state index >= 15 is 0 Å². The lowest BCUT2D eigenvalue weighted by atomic mass is 9.93. The standard InChI is InChI=1S/C18H21FO3/c1-6-7-12-11(3)15(9-14(12)20)22-17(21)16-13(8-10(2)19)18(16,4)5/h1,8-9,11-13,16H,7H2,2-5H3. The van der Waals surface area contributed by atoms with Crippen LogP contribution in [0.5, 0.6) is 0 Å². The molecule has 1 fully saturated rings. The first-order chi connectivity index (χ1) is 10.2. The number of terminal acetylenes is 1. The molecule has 0 heterocycles. The summed E-state index contributed by atoms with van der Waals surface area (Å²) in [5, 5.41) is 0. The number of halogens is 1. The molecule has 0 amide bonds. The highest BCUT2D eigenvalue weighted by Gasteiger charge is 2.62. The van der Waals surface area contributed by atoms with Crippen LogP contribution in [0.4, 0.5) is 4.39 Å². The molecule has 4 unspecified atom stereocenters. The van der Waals surface area contributed by atoms with Crippen molar-refractivity contribution >= 4 is 11.8 Å². The Morgan fingerprint density at radius 2 is 2.18 bits per heavy atom. The summed E-state index contributed by atoms with van der Waals surface area (Å²) in [6.07, 6.45) is 8.42. The Kier molecular flexibility index (Phi) is 4.28. The molecular weight excluding hydrogens is 283 g/mol. The summed E-state index contributed by atoms with van der Waals surface area (Å²) in [6.45, 7) is 7.00. The summed E-state index contributed by atoms with van der Waals surface area (Å²) >= 11 is 0. The number of ketones is 1. The van der Waals surface area contributed by atoms with Crippen LogP contribution in [0.2, 0.25) is 0 Å². The maximum absolute atomic E-state index is 13.1. The van der Waals surface area contributed by atoms with Crippen molar-refractivity contribution in [1.82, 2.24) is 0 Å². The van der Waals surface area contributed by atoms with E-state index in [9.17, 15) is 14.0 Å². The van der Waals surface area contributed by atoms with E-state index in [1.807, 2.05) is 20.8 Å². The number of rotatable bonds is 4. The summed E-state index contributed by atoms with van der Waals surface area (Å²) < 4.78 is 18.5. The molecule has 0 N–H and O–H groups in total. The second-order valence-corrected chi connectivity index (χ2v) is 6.75. The second-order valence-electron chi connectivity index (χ2n) is 6.75. The normalized spacial score (nSPS) is 33.2. The first-order valence-electron chi connectivity index (χ1n) is 7.44. The fraction of sp³-hybridized carbons (Fsp3) is 0.556. The van der Waals surface area contributed by atoms with Gasteiger partial charge in [0.2, 0.25) is 0 Å². The molecule has 118 valence electrons. The number of hydrogen-bond donors (Lipinski definition) is 0. The molecule has 0 aromatic heterocycles. The van der Waals surface area contributed by atoms with Gasteiger partial charge in [0.05, 0.1) is 11.7 Å². The highest BCUT2D eigenvalue weighted by Crippen LogP contribution is 2.60.